The van der Waals surface area contributed by atoms with Crippen LogP contribution in [0.25, 0.3) is 0 Å². The van der Waals surface area contributed by atoms with Crippen LogP contribution in [0.15, 0.2) is 46.9 Å². The number of benzene rings is 2. The first-order valence-electron chi connectivity index (χ1n) is 6.39. The number of carbonyl (C=O) groups is 1. The molecule has 0 bridgehead atoms. The first-order valence-corrected chi connectivity index (χ1v) is 7.18. The van der Waals surface area contributed by atoms with Crippen LogP contribution in [0, 0.1) is 17.0 Å². The number of carbonyl (C=O) groups excluding carboxylic acids is 1. The Morgan fingerprint density at radius 3 is 2.55 bits per heavy atom. The second kappa shape index (κ2) is 7.04. The number of nitro groups is 1. The molecule has 0 atom stereocenters. The van der Waals surface area contributed by atoms with Crippen LogP contribution in [0.1, 0.15) is 5.56 Å². The molecular formula is C15H13BrN2O4. The van der Waals surface area contributed by atoms with Crippen molar-refractivity contribution in [1.82, 2.24) is 0 Å². The summed E-state index contributed by atoms with van der Waals surface area (Å²) in [6, 6.07) is 11.1. The highest BCUT2D eigenvalue weighted by Crippen LogP contribution is 2.20. The minimum Gasteiger partial charge on any atom is -0.484 e. The summed E-state index contributed by atoms with van der Waals surface area (Å²) in [7, 11) is 0. The molecule has 22 heavy (non-hydrogen) atoms. The van der Waals surface area contributed by atoms with E-state index in [2.05, 4.69) is 21.2 Å². The van der Waals surface area contributed by atoms with Gasteiger partial charge in [0.15, 0.2) is 6.61 Å². The van der Waals surface area contributed by atoms with E-state index in [4.69, 9.17) is 4.74 Å². The number of nitrogens with one attached hydrogen (secondary N) is 1. The Kier molecular flexibility index (Phi) is 5.11. The Bertz CT molecular complexity index is 701. The minimum atomic E-state index is -0.493. The van der Waals surface area contributed by atoms with E-state index in [1.807, 2.05) is 19.1 Å². The zero-order valence-electron chi connectivity index (χ0n) is 11.7. The largest absolute Gasteiger partial charge is 0.484 e. The molecule has 1 amide bonds. The minimum absolute atomic E-state index is 0.0257. The number of hydrogen-bond acceptors (Lipinski definition) is 4. The summed E-state index contributed by atoms with van der Waals surface area (Å²) >= 11 is 3.35. The Hall–Kier alpha value is -2.41. The maximum Gasteiger partial charge on any atom is 0.269 e. The topological polar surface area (TPSA) is 81.5 Å². The van der Waals surface area contributed by atoms with E-state index >= 15 is 0 Å². The molecule has 2 rings (SSSR count). The molecule has 0 radical (unpaired) electrons. The first kappa shape index (κ1) is 16.0. The van der Waals surface area contributed by atoms with E-state index in [1.54, 1.807) is 6.07 Å². The third kappa shape index (κ3) is 4.29. The third-order valence-corrected chi connectivity index (χ3v) is 3.37. The molecule has 0 heterocycles. The molecule has 0 fully saturated rings. The van der Waals surface area contributed by atoms with E-state index in [0.29, 0.717) is 11.4 Å². The quantitative estimate of drug-likeness (QED) is 0.647. The van der Waals surface area contributed by atoms with Gasteiger partial charge in [-0.2, -0.15) is 0 Å². The summed E-state index contributed by atoms with van der Waals surface area (Å²) in [6.07, 6.45) is 0. The van der Waals surface area contributed by atoms with Gasteiger partial charge in [-0.25, -0.2) is 0 Å². The van der Waals surface area contributed by atoms with Crippen molar-refractivity contribution in [3.05, 3.63) is 62.6 Å². The molecule has 0 saturated heterocycles. The summed E-state index contributed by atoms with van der Waals surface area (Å²) in [5.74, 6) is 0.0945. The normalized spacial score (nSPS) is 10.1. The molecule has 6 nitrogen and oxygen atoms in total. The lowest BCUT2D eigenvalue weighted by Gasteiger charge is -2.09. The van der Waals surface area contributed by atoms with Gasteiger partial charge in [-0.1, -0.05) is 15.9 Å². The number of halogens is 1. The van der Waals surface area contributed by atoms with Crippen LogP contribution in [0.3, 0.4) is 0 Å². The molecule has 0 saturated carbocycles. The molecule has 1 N–H and O–H groups in total. The number of rotatable bonds is 5. The average Bonchev–Trinajstić information content (AvgIpc) is 2.48. The average molecular weight is 365 g/mol. The number of hydrogen-bond donors (Lipinski definition) is 1. The highest BCUT2D eigenvalue weighted by atomic mass is 79.9. The van der Waals surface area contributed by atoms with E-state index in [9.17, 15) is 14.9 Å². The van der Waals surface area contributed by atoms with Crippen LogP contribution < -0.4 is 10.1 Å². The fourth-order valence-corrected chi connectivity index (χ4v) is 2.24. The van der Waals surface area contributed by atoms with Crippen LogP contribution in [0.2, 0.25) is 0 Å². The fourth-order valence-electron chi connectivity index (χ4n) is 1.77. The number of anilines is 1. The number of aryl methyl sites for hydroxylation is 1. The fraction of sp³-hybridized carbons (Fsp3) is 0.133. The van der Waals surface area contributed by atoms with E-state index in [-0.39, 0.29) is 18.2 Å². The van der Waals surface area contributed by atoms with Crippen LogP contribution in [0.4, 0.5) is 11.4 Å². The van der Waals surface area contributed by atoms with E-state index in [0.717, 1.165) is 10.0 Å². The predicted octanol–water partition coefficient (Wildman–Crippen LogP) is 3.68. The van der Waals surface area contributed by atoms with Crippen LogP contribution >= 0.6 is 15.9 Å². The second-order valence-electron chi connectivity index (χ2n) is 4.55. The number of amides is 1. The smallest absolute Gasteiger partial charge is 0.269 e. The Labute approximate surface area is 135 Å². The molecule has 0 spiro atoms. The van der Waals surface area contributed by atoms with Gasteiger partial charge in [-0.05, 0) is 42.8 Å². The van der Waals surface area contributed by atoms with Gasteiger partial charge in [0.1, 0.15) is 5.75 Å². The first-order chi connectivity index (χ1) is 10.5. The Balaban J connectivity index is 1.91. The van der Waals surface area contributed by atoms with Gasteiger partial charge < -0.3 is 10.1 Å². The zero-order valence-corrected chi connectivity index (χ0v) is 13.3. The summed E-state index contributed by atoms with van der Waals surface area (Å²) in [5.41, 5.74) is 1.61. The van der Waals surface area contributed by atoms with Crippen molar-refractivity contribution >= 4 is 33.2 Å². The van der Waals surface area contributed by atoms with Gasteiger partial charge in [0.2, 0.25) is 0 Å². The highest BCUT2D eigenvalue weighted by molar-refractivity contribution is 9.10. The third-order valence-electron chi connectivity index (χ3n) is 2.88. The lowest BCUT2D eigenvalue weighted by atomic mass is 10.2. The van der Waals surface area contributed by atoms with Crippen molar-refractivity contribution in [2.24, 2.45) is 0 Å². The lowest BCUT2D eigenvalue weighted by molar-refractivity contribution is -0.384. The summed E-state index contributed by atoms with van der Waals surface area (Å²) < 4.78 is 6.23. The number of ether oxygens (including phenoxy) is 1. The van der Waals surface area contributed by atoms with Gasteiger partial charge in [-0.15, -0.1) is 0 Å². The number of nitro benzene ring substituents is 1. The van der Waals surface area contributed by atoms with Gasteiger partial charge in [0.05, 0.1) is 4.92 Å². The van der Waals surface area contributed by atoms with Crippen LogP contribution in [-0.4, -0.2) is 17.4 Å². The SMILES string of the molecule is Cc1cc(Br)ccc1NC(=O)COc1ccc([N+](=O)[O-])cc1. The maximum atomic E-state index is 11.8. The van der Waals surface area contributed by atoms with E-state index < -0.39 is 4.92 Å². The zero-order chi connectivity index (χ0) is 16.1. The van der Waals surface area contributed by atoms with Gasteiger partial charge in [-0.3, -0.25) is 14.9 Å². The van der Waals surface area contributed by atoms with Crippen molar-refractivity contribution in [2.75, 3.05) is 11.9 Å². The molecule has 0 aliphatic rings. The highest BCUT2D eigenvalue weighted by Gasteiger charge is 2.08. The van der Waals surface area contributed by atoms with Gasteiger partial charge >= 0.3 is 0 Å². The molecule has 7 heteroatoms. The molecular weight excluding hydrogens is 352 g/mol. The maximum absolute atomic E-state index is 11.8. The summed E-state index contributed by atoms with van der Waals surface area (Å²) in [4.78, 5) is 21.9. The molecule has 0 aliphatic heterocycles. The van der Waals surface area contributed by atoms with E-state index in [1.165, 1.54) is 24.3 Å². The van der Waals surface area contributed by atoms with Crippen molar-refractivity contribution in [3.8, 4) is 5.75 Å². The van der Waals surface area contributed by atoms with Crippen molar-refractivity contribution < 1.29 is 14.5 Å². The second-order valence-corrected chi connectivity index (χ2v) is 5.46. The van der Waals surface area contributed by atoms with Crippen LogP contribution in [0.5, 0.6) is 5.75 Å². The molecule has 0 aromatic heterocycles. The van der Waals surface area contributed by atoms with Gasteiger partial charge in [0.25, 0.3) is 11.6 Å². The lowest BCUT2D eigenvalue weighted by Crippen LogP contribution is -2.20. The summed E-state index contributed by atoms with van der Waals surface area (Å²) in [5, 5.41) is 13.3. The molecule has 114 valence electrons. The van der Waals surface area contributed by atoms with Crippen LogP contribution in [-0.2, 0) is 4.79 Å². The molecule has 0 unspecified atom stereocenters. The van der Waals surface area contributed by atoms with Crippen molar-refractivity contribution in [1.29, 1.82) is 0 Å². The van der Waals surface area contributed by atoms with Gasteiger partial charge in [0, 0.05) is 22.3 Å². The number of nitrogens with zero attached hydrogens (tertiary/aromatic N) is 1. The standard InChI is InChI=1S/C15H13BrN2O4/c1-10-8-11(16)2-7-14(10)17-15(19)9-22-13-5-3-12(4-6-13)18(20)21/h2-8H,9H2,1H3,(H,17,19). The van der Waals surface area contributed by atoms with Crippen molar-refractivity contribution in [3.63, 3.8) is 0 Å². The van der Waals surface area contributed by atoms with Crippen molar-refractivity contribution in [2.45, 2.75) is 6.92 Å². The monoisotopic (exact) mass is 364 g/mol. The Morgan fingerprint density at radius 1 is 1.27 bits per heavy atom. The molecule has 2 aromatic rings. The predicted molar refractivity (Wildman–Crippen MR) is 86.1 cm³/mol. The molecule has 2 aromatic carbocycles. The molecule has 0 aliphatic carbocycles. The summed E-state index contributed by atoms with van der Waals surface area (Å²) in [6.45, 7) is 1.71. The number of non-ortho nitro benzene ring substituents is 1. The Morgan fingerprint density at radius 2 is 1.95 bits per heavy atom.